The van der Waals surface area contributed by atoms with E-state index >= 15 is 0 Å². The molecule has 3 aromatic rings. The number of carbonyl (C=O) groups is 2. The molecule has 1 aromatic heterocycles. The summed E-state index contributed by atoms with van der Waals surface area (Å²) in [5.41, 5.74) is 1.41. The van der Waals surface area contributed by atoms with Gasteiger partial charge in [-0.3, -0.25) is 9.59 Å². The van der Waals surface area contributed by atoms with Gasteiger partial charge in [-0.2, -0.15) is 0 Å². The van der Waals surface area contributed by atoms with Crippen LogP contribution in [0.2, 0.25) is 0 Å². The van der Waals surface area contributed by atoms with Gasteiger partial charge in [0.25, 0.3) is 5.91 Å². The molecule has 144 valence electrons. The zero-order valence-corrected chi connectivity index (χ0v) is 16.9. The number of aromatic nitrogens is 2. The largest absolute Gasteiger partial charge is 0.345 e. The topological polar surface area (TPSA) is 84.0 Å². The van der Waals surface area contributed by atoms with Crippen molar-refractivity contribution in [2.75, 3.05) is 11.1 Å². The van der Waals surface area contributed by atoms with E-state index in [0.29, 0.717) is 10.7 Å². The Morgan fingerprint density at radius 3 is 2.39 bits per heavy atom. The predicted molar refractivity (Wildman–Crippen MR) is 113 cm³/mol. The maximum Gasteiger partial charge on any atom is 0.251 e. The number of hydrogen-bond donors (Lipinski definition) is 2. The molecule has 2 amide bonds. The Kier molecular flexibility index (Phi) is 7.16. The van der Waals surface area contributed by atoms with Crippen LogP contribution in [0, 0.1) is 0 Å². The first-order chi connectivity index (χ1) is 13.7. The van der Waals surface area contributed by atoms with E-state index < -0.39 is 6.04 Å². The van der Waals surface area contributed by atoms with Crippen molar-refractivity contribution < 1.29 is 9.59 Å². The second-order valence-electron chi connectivity index (χ2n) is 5.86. The Hall–Kier alpha value is -2.71. The molecular formula is C20H20N4O2S2. The van der Waals surface area contributed by atoms with Crippen molar-refractivity contribution in [1.29, 1.82) is 0 Å². The molecule has 28 heavy (non-hydrogen) atoms. The molecule has 1 atom stereocenters. The van der Waals surface area contributed by atoms with Crippen LogP contribution in [0.5, 0.6) is 0 Å². The molecule has 1 unspecified atom stereocenters. The number of amides is 2. The fourth-order valence-corrected chi connectivity index (χ4v) is 4.23. The monoisotopic (exact) mass is 412 g/mol. The van der Waals surface area contributed by atoms with Crippen molar-refractivity contribution in [1.82, 2.24) is 15.5 Å². The SMILES string of the molecule is CCSc1nnc(NC(=O)CC(NC(=O)c2ccccc2)c2ccccc2)s1. The van der Waals surface area contributed by atoms with Gasteiger partial charge in [-0.25, -0.2) is 0 Å². The number of anilines is 1. The molecular weight excluding hydrogens is 392 g/mol. The van der Waals surface area contributed by atoms with Gasteiger partial charge in [0, 0.05) is 5.56 Å². The molecule has 6 nitrogen and oxygen atoms in total. The van der Waals surface area contributed by atoms with Gasteiger partial charge in [0.05, 0.1) is 12.5 Å². The van der Waals surface area contributed by atoms with E-state index in [9.17, 15) is 9.59 Å². The van der Waals surface area contributed by atoms with Crippen LogP contribution in [-0.4, -0.2) is 27.8 Å². The van der Waals surface area contributed by atoms with Crippen LogP contribution in [0.15, 0.2) is 65.0 Å². The van der Waals surface area contributed by atoms with E-state index in [1.54, 1.807) is 36.0 Å². The number of rotatable bonds is 8. The molecule has 0 spiro atoms. The Labute approximate surface area is 171 Å². The van der Waals surface area contributed by atoms with E-state index in [1.807, 2.05) is 43.3 Å². The quantitative estimate of drug-likeness (QED) is 0.429. The van der Waals surface area contributed by atoms with Gasteiger partial charge in [0.2, 0.25) is 11.0 Å². The van der Waals surface area contributed by atoms with E-state index in [2.05, 4.69) is 20.8 Å². The molecule has 0 saturated heterocycles. The molecule has 1 heterocycles. The highest BCUT2D eigenvalue weighted by Gasteiger charge is 2.20. The zero-order valence-electron chi connectivity index (χ0n) is 15.3. The molecule has 0 bridgehead atoms. The van der Waals surface area contributed by atoms with Gasteiger partial charge >= 0.3 is 0 Å². The molecule has 3 rings (SSSR count). The predicted octanol–water partition coefficient (Wildman–Crippen LogP) is 4.15. The summed E-state index contributed by atoms with van der Waals surface area (Å²) in [6, 6.07) is 17.9. The van der Waals surface area contributed by atoms with Crippen molar-refractivity contribution in [2.45, 2.75) is 23.7 Å². The molecule has 0 radical (unpaired) electrons. The summed E-state index contributed by atoms with van der Waals surface area (Å²) in [6.07, 6.45) is 0.0957. The molecule has 0 aliphatic carbocycles. The van der Waals surface area contributed by atoms with Crippen molar-refractivity contribution in [3.8, 4) is 0 Å². The van der Waals surface area contributed by atoms with Crippen LogP contribution in [0.25, 0.3) is 0 Å². The molecule has 0 fully saturated rings. The fraction of sp³-hybridized carbons (Fsp3) is 0.200. The van der Waals surface area contributed by atoms with Crippen molar-refractivity contribution >= 4 is 40.0 Å². The number of carbonyl (C=O) groups excluding carboxylic acids is 2. The lowest BCUT2D eigenvalue weighted by Gasteiger charge is -2.18. The van der Waals surface area contributed by atoms with Crippen LogP contribution in [0.3, 0.4) is 0 Å². The highest BCUT2D eigenvalue weighted by atomic mass is 32.2. The molecule has 0 aliphatic rings. The van der Waals surface area contributed by atoms with Crippen LogP contribution >= 0.6 is 23.1 Å². The highest BCUT2D eigenvalue weighted by molar-refractivity contribution is 8.01. The van der Waals surface area contributed by atoms with Crippen molar-refractivity contribution in [2.24, 2.45) is 0 Å². The van der Waals surface area contributed by atoms with Crippen molar-refractivity contribution in [3.63, 3.8) is 0 Å². The number of benzene rings is 2. The number of thioether (sulfide) groups is 1. The van der Waals surface area contributed by atoms with Crippen molar-refractivity contribution in [3.05, 3.63) is 71.8 Å². The highest BCUT2D eigenvalue weighted by Crippen LogP contribution is 2.26. The lowest BCUT2D eigenvalue weighted by atomic mass is 10.0. The minimum atomic E-state index is -0.452. The normalized spacial score (nSPS) is 11.6. The zero-order chi connectivity index (χ0) is 19.8. The van der Waals surface area contributed by atoms with Gasteiger partial charge in [0.1, 0.15) is 0 Å². The average molecular weight is 413 g/mol. The van der Waals surface area contributed by atoms with Gasteiger partial charge in [0.15, 0.2) is 4.34 Å². The van der Waals surface area contributed by atoms with E-state index in [0.717, 1.165) is 15.7 Å². The number of nitrogens with zero attached hydrogens (tertiary/aromatic N) is 2. The third-order valence-corrected chi connectivity index (χ3v) is 5.71. The summed E-state index contributed by atoms with van der Waals surface area (Å²) in [4.78, 5) is 25.1. The summed E-state index contributed by atoms with van der Waals surface area (Å²) in [7, 11) is 0. The van der Waals surface area contributed by atoms with E-state index in [-0.39, 0.29) is 18.2 Å². The first-order valence-electron chi connectivity index (χ1n) is 8.82. The van der Waals surface area contributed by atoms with Crippen LogP contribution in [0.4, 0.5) is 5.13 Å². The summed E-state index contributed by atoms with van der Waals surface area (Å²) in [5.74, 6) is 0.440. The second-order valence-corrected chi connectivity index (χ2v) is 8.35. The Bertz CT molecular complexity index is 916. The van der Waals surface area contributed by atoms with Gasteiger partial charge in [-0.05, 0) is 23.4 Å². The van der Waals surface area contributed by atoms with Gasteiger partial charge < -0.3 is 10.6 Å². The molecule has 2 aromatic carbocycles. The van der Waals surface area contributed by atoms with Crippen LogP contribution in [-0.2, 0) is 4.79 Å². The Morgan fingerprint density at radius 2 is 1.71 bits per heavy atom. The molecule has 0 saturated carbocycles. The maximum atomic E-state index is 12.6. The first-order valence-corrected chi connectivity index (χ1v) is 10.6. The van der Waals surface area contributed by atoms with Gasteiger partial charge in [-0.15, -0.1) is 10.2 Å². The minimum absolute atomic E-state index is 0.0957. The number of nitrogens with one attached hydrogen (secondary N) is 2. The van der Waals surface area contributed by atoms with E-state index in [4.69, 9.17) is 0 Å². The lowest BCUT2D eigenvalue weighted by molar-refractivity contribution is -0.116. The smallest absolute Gasteiger partial charge is 0.251 e. The summed E-state index contributed by atoms with van der Waals surface area (Å²) < 4.78 is 0.815. The Morgan fingerprint density at radius 1 is 1.04 bits per heavy atom. The fourth-order valence-electron chi connectivity index (χ4n) is 2.57. The summed E-state index contributed by atoms with van der Waals surface area (Å²) in [5, 5.41) is 14.2. The molecule has 2 N–H and O–H groups in total. The van der Waals surface area contributed by atoms with Crippen LogP contribution < -0.4 is 10.6 Å². The third kappa shape index (κ3) is 5.64. The third-order valence-electron chi connectivity index (χ3n) is 3.85. The van der Waals surface area contributed by atoms with E-state index in [1.165, 1.54) is 11.3 Å². The maximum absolute atomic E-state index is 12.6. The second kappa shape index (κ2) is 10.0. The number of hydrogen-bond acceptors (Lipinski definition) is 6. The molecule has 0 aliphatic heterocycles. The summed E-state index contributed by atoms with van der Waals surface area (Å²) in [6.45, 7) is 2.03. The van der Waals surface area contributed by atoms with Crippen LogP contribution in [0.1, 0.15) is 35.3 Å². The Balaban J connectivity index is 1.70. The summed E-state index contributed by atoms with van der Waals surface area (Å²) >= 11 is 2.92. The standard InChI is InChI=1S/C20H20N4O2S2/c1-2-27-20-24-23-19(28-20)22-17(25)13-16(14-9-5-3-6-10-14)21-18(26)15-11-7-4-8-12-15/h3-12,16H,2,13H2,1H3,(H,21,26)(H,22,23,25). The minimum Gasteiger partial charge on any atom is -0.345 e. The van der Waals surface area contributed by atoms with Gasteiger partial charge in [-0.1, -0.05) is 78.6 Å². The average Bonchev–Trinajstić information content (AvgIpc) is 3.16. The molecule has 8 heteroatoms. The first kappa shape index (κ1) is 20.0. The lowest BCUT2D eigenvalue weighted by Crippen LogP contribution is -2.31.